The molecule has 0 aliphatic carbocycles. The van der Waals surface area contributed by atoms with Crippen LogP contribution in [0.1, 0.15) is 32.0 Å². The molecule has 2 aromatic carbocycles. The van der Waals surface area contributed by atoms with Crippen molar-refractivity contribution >= 4 is 39.8 Å². The Labute approximate surface area is 175 Å². The van der Waals surface area contributed by atoms with Crippen molar-refractivity contribution in [3.05, 3.63) is 80.3 Å². The van der Waals surface area contributed by atoms with Crippen LogP contribution in [0.25, 0.3) is 0 Å². The van der Waals surface area contributed by atoms with Crippen LogP contribution in [-0.4, -0.2) is 29.0 Å². The lowest BCUT2D eigenvalue weighted by molar-refractivity contribution is -0.384. The molecule has 1 aromatic heterocycles. The van der Waals surface area contributed by atoms with Crippen molar-refractivity contribution in [3.63, 3.8) is 0 Å². The molecule has 10 heteroatoms. The first kappa shape index (κ1) is 20.9. The van der Waals surface area contributed by atoms with Gasteiger partial charge in [0.25, 0.3) is 5.69 Å². The molecule has 0 radical (unpaired) electrons. The molecule has 0 amide bonds. The number of esters is 2. The summed E-state index contributed by atoms with van der Waals surface area (Å²) < 4.78 is 9.76. The topological polar surface area (TPSA) is 121 Å². The first-order chi connectivity index (χ1) is 14.4. The van der Waals surface area contributed by atoms with Gasteiger partial charge in [0.15, 0.2) is 5.13 Å². The molecule has 3 aromatic rings. The lowest BCUT2D eigenvalue weighted by atomic mass is 10.1. The predicted octanol–water partition coefficient (Wildman–Crippen LogP) is 4.25. The number of anilines is 2. The van der Waals surface area contributed by atoms with Gasteiger partial charge in [0.05, 0.1) is 28.9 Å². The molecule has 0 saturated heterocycles. The molecule has 0 unspecified atom stereocenters. The molecule has 1 heterocycles. The number of nitro groups is 1. The molecule has 0 aliphatic rings. The number of hydrogen-bond donors (Lipinski definition) is 1. The quantitative estimate of drug-likeness (QED) is 0.337. The fourth-order valence-corrected chi connectivity index (χ4v) is 3.20. The highest BCUT2D eigenvalue weighted by molar-refractivity contribution is 7.13. The maximum atomic E-state index is 12.3. The monoisotopic (exact) mass is 427 g/mol. The molecule has 0 aliphatic heterocycles. The van der Waals surface area contributed by atoms with Gasteiger partial charge < -0.3 is 14.8 Å². The Morgan fingerprint density at radius 3 is 2.43 bits per heavy atom. The second kappa shape index (κ2) is 9.14. The Morgan fingerprint density at radius 1 is 1.13 bits per heavy atom. The van der Waals surface area contributed by atoms with E-state index in [1.54, 1.807) is 5.38 Å². The van der Waals surface area contributed by atoms with Crippen LogP contribution < -0.4 is 5.32 Å². The third-order valence-electron chi connectivity index (χ3n) is 3.99. The summed E-state index contributed by atoms with van der Waals surface area (Å²) >= 11 is 1.35. The molecular weight excluding hydrogens is 410 g/mol. The minimum atomic E-state index is -0.815. The molecule has 0 saturated carbocycles. The van der Waals surface area contributed by atoms with E-state index in [1.807, 2.05) is 31.2 Å². The summed E-state index contributed by atoms with van der Waals surface area (Å²) in [6, 6.07) is 11.1. The molecular formula is C20H17N3O6S. The number of carbonyl (C=O) groups is 2. The van der Waals surface area contributed by atoms with Gasteiger partial charge in [-0.15, -0.1) is 11.3 Å². The molecule has 0 bridgehead atoms. The summed E-state index contributed by atoms with van der Waals surface area (Å²) in [7, 11) is 1.14. The number of non-ortho nitro benzene ring substituents is 1. The van der Waals surface area contributed by atoms with Gasteiger partial charge in [-0.3, -0.25) is 10.1 Å². The van der Waals surface area contributed by atoms with Crippen molar-refractivity contribution in [3.8, 4) is 0 Å². The normalized spacial score (nSPS) is 10.3. The van der Waals surface area contributed by atoms with E-state index < -0.39 is 22.5 Å². The van der Waals surface area contributed by atoms with Crippen LogP contribution >= 0.6 is 11.3 Å². The molecule has 3 rings (SSSR count). The van der Waals surface area contributed by atoms with Gasteiger partial charge in [-0.1, -0.05) is 17.7 Å². The van der Waals surface area contributed by atoms with Gasteiger partial charge in [0, 0.05) is 23.2 Å². The fourth-order valence-electron chi connectivity index (χ4n) is 2.48. The predicted molar refractivity (Wildman–Crippen MR) is 110 cm³/mol. The molecule has 0 atom stereocenters. The Balaban J connectivity index is 1.67. The number of ether oxygens (including phenoxy) is 2. The summed E-state index contributed by atoms with van der Waals surface area (Å²) in [5.41, 5.74) is 1.88. The highest BCUT2D eigenvalue weighted by atomic mass is 32.1. The van der Waals surface area contributed by atoms with Crippen molar-refractivity contribution in [1.29, 1.82) is 0 Å². The summed E-state index contributed by atoms with van der Waals surface area (Å²) in [5, 5.41) is 16.6. The van der Waals surface area contributed by atoms with Gasteiger partial charge >= 0.3 is 11.9 Å². The van der Waals surface area contributed by atoms with Gasteiger partial charge in [0.2, 0.25) is 0 Å². The number of aromatic nitrogens is 1. The lowest BCUT2D eigenvalue weighted by Crippen LogP contribution is -2.09. The number of carbonyl (C=O) groups excluding carboxylic acids is 2. The van der Waals surface area contributed by atoms with Crippen molar-refractivity contribution in [2.45, 2.75) is 13.5 Å². The first-order valence-corrected chi connectivity index (χ1v) is 9.56. The Morgan fingerprint density at radius 2 is 1.80 bits per heavy atom. The average molecular weight is 427 g/mol. The molecule has 0 fully saturated rings. The van der Waals surface area contributed by atoms with Gasteiger partial charge in [-0.25, -0.2) is 14.6 Å². The van der Waals surface area contributed by atoms with Crippen LogP contribution in [-0.2, 0) is 16.1 Å². The average Bonchev–Trinajstić information content (AvgIpc) is 3.20. The van der Waals surface area contributed by atoms with E-state index >= 15 is 0 Å². The largest absolute Gasteiger partial charge is 0.465 e. The number of hydrogen-bond acceptors (Lipinski definition) is 9. The molecule has 154 valence electrons. The minimum Gasteiger partial charge on any atom is -0.465 e. The zero-order valence-corrected chi connectivity index (χ0v) is 16.9. The summed E-state index contributed by atoms with van der Waals surface area (Å²) in [4.78, 5) is 38.8. The highest BCUT2D eigenvalue weighted by Crippen LogP contribution is 2.23. The van der Waals surface area contributed by atoms with Crippen molar-refractivity contribution in [1.82, 2.24) is 4.98 Å². The van der Waals surface area contributed by atoms with Crippen LogP contribution in [0.2, 0.25) is 0 Å². The number of methoxy groups -OCH3 is 1. The van der Waals surface area contributed by atoms with E-state index in [4.69, 9.17) is 4.74 Å². The number of rotatable bonds is 7. The van der Waals surface area contributed by atoms with E-state index in [0.29, 0.717) is 10.8 Å². The van der Waals surface area contributed by atoms with E-state index in [0.717, 1.165) is 30.5 Å². The molecule has 1 N–H and O–H groups in total. The lowest BCUT2D eigenvalue weighted by Gasteiger charge is -2.06. The second-order valence-electron chi connectivity index (χ2n) is 6.23. The third kappa shape index (κ3) is 5.17. The summed E-state index contributed by atoms with van der Waals surface area (Å²) in [5.74, 6) is -1.61. The Hall–Kier alpha value is -3.79. The van der Waals surface area contributed by atoms with E-state index in [9.17, 15) is 19.7 Å². The van der Waals surface area contributed by atoms with Gasteiger partial charge in [0.1, 0.15) is 6.61 Å². The fraction of sp³-hybridized carbons (Fsp3) is 0.150. The molecule has 0 spiro atoms. The van der Waals surface area contributed by atoms with Gasteiger partial charge in [-0.2, -0.15) is 0 Å². The second-order valence-corrected chi connectivity index (χ2v) is 7.09. The number of nitrogens with zero attached hydrogens (tertiary/aromatic N) is 2. The summed E-state index contributed by atoms with van der Waals surface area (Å²) in [6.45, 7) is 1.87. The van der Waals surface area contributed by atoms with Crippen molar-refractivity contribution in [2.24, 2.45) is 0 Å². The SMILES string of the molecule is COC(=O)c1cc(C(=O)OCc2csc(Nc3ccc(C)cc3)n2)cc([N+](=O)[O-])c1. The highest BCUT2D eigenvalue weighted by Gasteiger charge is 2.19. The summed E-state index contributed by atoms with van der Waals surface area (Å²) in [6.07, 6.45) is 0. The van der Waals surface area contributed by atoms with Crippen molar-refractivity contribution in [2.75, 3.05) is 12.4 Å². The Kier molecular flexibility index (Phi) is 6.38. The van der Waals surface area contributed by atoms with Crippen LogP contribution in [0.4, 0.5) is 16.5 Å². The maximum absolute atomic E-state index is 12.3. The van der Waals surface area contributed by atoms with E-state index in [-0.39, 0.29) is 17.7 Å². The minimum absolute atomic E-state index is 0.114. The van der Waals surface area contributed by atoms with Crippen molar-refractivity contribution < 1.29 is 24.0 Å². The number of thiazole rings is 1. The van der Waals surface area contributed by atoms with Crippen LogP contribution in [0.15, 0.2) is 47.8 Å². The smallest absolute Gasteiger partial charge is 0.338 e. The zero-order valence-electron chi connectivity index (χ0n) is 16.1. The maximum Gasteiger partial charge on any atom is 0.338 e. The Bertz CT molecular complexity index is 1090. The zero-order chi connectivity index (χ0) is 21.7. The van der Waals surface area contributed by atoms with Crippen LogP contribution in [0.5, 0.6) is 0 Å². The van der Waals surface area contributed by atoms with E-state index in [2.05, 4.69) is 15.0 Å². The molecule has 30 heavy (non-hydrogen) atoms. The first-order valence-electron chi connectivity index (χ1n) is 8.68. The standard InChI is InChI=1S/C20H17N3O6S/c1-12-3-5-15(6-4-12)21-20-22-16(11-30-20)10-29-19(25)14-7-13(18(24)28-2)8-17(9-14)23(26)27/h3-9,11H,10H2,1-2H3,(H,21,22). The number of nitrogens with one attached hydrogen (secondary N) is 1. The number of benzene rings is 2. The third-order valence-corrected chi connectivity index (χ3v) is 4.80. The van der Waals surface area contributed by atoms with Gasteiger partial charge in [-0.05, 0) is 25.1 Å². The number of aryl methyl sites for hydroxylation is 1. The van der Waals surface area contributed by atoms with E-state index in [1.165, 1.54) is 17.4 Å². The van der Waals surface area contributed by atoms with Crippen LogP contribution in [0, 0.1) is 17.0 Å². The molecule has 9 nitrogen and oxygen atoms in total. The number of nitro benzene ring substituents is 1. The van der Waals surface area contributed by atoms with Crippen LogP contribution in [0.3, 0.4) is 0 Å².